The molecule has 0 saturated carbocycles. The molecule has 0 radical (unpaired) electrons. The lowest BCUT2D eigenvalue weighted by molar-refractivity contribution is -0.671. The Morgan fingerprint density at radius 1 is 1.29 bits per heavy atom. The van der Waals surface area contributed by atoms with Gasteiger partial charge in [-0.15, -0.1) is 0 Å². The third kappa shape index (κ3) is 3.36. The molecule has 24 heavy (non-hydrogen) atoms. The van der Waals surface area contributed by atoms with Gasteiger partial charge >= 0.3 is 0 Å². The van der Waals surface area contributed by atoms with Crippen molar-refractivity contribution in [1.29, 1.82) is 0 Å². The number of nitrogen functional groups attached to an aromatic ring is 1. The molecule has 130 valence electrons. The molecular formula is C19H31N4Si+. The number of anilines is 2. The molecule has 0 aliphatic carbocycles. The third-order valence-corrected chi connectivity index (χ3v) is 8.48. The maximum Gasteiger partial charge on any atom is 0.243 e. The van der Waals surface area contributed by atoms with Gasteiger partial charge in [-0.1, -0.05) is 26.6 Å². The fraction of sp³-hybridized carbons (Fsp3) is 0.526. The first kappa shape index (κ1) is 17.1. The van der Waals surface area contributed by atoms with Crippen LogP contribution >= 0.6 is 0 Å². The summed E-state index contributed by atoms with van der Waals surface area (Å²) in [4.78, 5) is 2.50. The van der Waals surface area contributed by atoms with E-state index in [1.54, 1.807) is 0 Å². The quantitative estimate of drug-likeness (QED) is 0.525. The minimum atomic E-state index is -1.26. The van der Waals surface area contributed by atoms with Crippen molar-refractivity contribution in [1.82, 2.24) is 4.57 Å². The van der Waals surface area contributed by atoms with E-state index in [2.05, 4.69) is 84.6 Å². The van der Waals surface area contributed by atoms with Crippen molar-refractivity contribution in [3.63, 3.8) is 0 Å². The molecular weight excluding hydrogens is 312 g/mol. The normalized spacial score (nSPS) is 19.7. The van der Waals surface area contributed by atoms with Gasteiger partial charge in [-0.2, -0.15) is 0 Å². The first-order valence-electron chi connectivity index (χ1n) is 8.93. The lowest BCUT2D eigenvalue weighted by atomic mass is 10.1. The van der Waals surface area contributed by atoms with Crippen molar-refractivity contribution < 1.29 is 4.57 Å². The van der Waals surface area contributed by atoms with Gasteiger partial charge in [0.05, 0.1) is 21.7 Å². The second-order valence-electron chi connectivity index (χ2n) is 8.32. The Hall–Kier alpha value is -1.75. The fourth-order valence-electron chi connectivity index (χ4n) is 3.51. The second kappa shape index (κ2) is 6.28. The zero-order valence-electron chi connectivity index (χ0n) is 15.7. The maximum atomic E-state index is 6.30. The Morgan fingerprint density at radius 3 is 2.67 bits per heavy atom. The Kier molecular flexibility index (Phi) is 4.47. The van der Waals surface area contributed by atoms with Gasteiger partial charge in [-0.05, 0) is 29.3 Å². The first-order valence-corrected chi connectivity index (χ1v) is 12.5. The smallest absolute Gasteiger partial charge is 0.243 e. The molecule has 0 bridgehead atoms. The lowest BCUT2D eigenvalue weighted by Crippen LogP contribution is -2.30. The van der Waals surface area contributed by atoms with E-state index < -0.39 is 8.07 Å². The minimum Gasteiger partial charge on any atom is -0.399 e. The predicted molar refractivity (Wildman–Crippen MR) is 104 cm³/mol. The number of nitrogens with two attached hydrogens (primary N) is 1. The summed E-state index contributed by atoms with van der Waals surface area (Å²) in [5.74, 6) is 0. The monoisotopic (exact) mass is 343 g/mol. The summed E-state index contributed by atoms with van der Waals surface area (Å²) in [5.41, 5.74) is 10.5. The van der Waals surface area contributed by atoms with Crippen LogP contribution < -0.4 is 15.2 Å². The van der Waals surface area contributed by atoms with Gasteiger partial charge < -0.3 is 10.6 Å². The molecule has 2 atom stereocenters. The minimum absolute atomic E-state index is 0.557. The molecule has 2 heterocycles. The molecule has 4 nitrogen and oxygen atoms in total. The van der Waals surface area contributed by atoms with E-state index in [4.69, 9.17) is 5.73 Å². The van der Waals surface area contributed by atoms with Gasteiger partial charge in [0.15, 0.2) is 0 Å². The van der Waals surface area contributed by atoms with Gasteiger partial charge in [-0.3, -0.25) is 0 Å². The average Bonchev–Trinajstić information content (AvgIpc) is 3.15. The number of rotatable bonds is 4. The predicted octanol–water partition coefficient (Wildman–Crippen LogP) is 3.33. The molecule has 5 heteroatoms. The van der Waals surface area contributed by atoms with E-state index >= 15 is 0 Å². The highest BCUT2D eigenvalue weighted by molar-refractivity contribution is 6.77. The number of aromatic nitrogens is 2. The van der Waals surface area contributed by atoms with E-state index in [0.717, 1.165) is 18.8 Å². The van der Waals surface area contributed by atoms with Crippen LogP contribution in [0.1, 0.15) is 30.5 Å². The highest BCUT2D eigenvalue weighted by atomic mass is 28.3. The number of hydrogen-bond acceptors (Lipinski definition) is 2. The molecule has 1 aliphatic rings. The van der Waals surface area contributed by atoms with Crippen molar-refractivity contribution >= 4 is 19.4 Å². The number of benzene rings is 1. The van der Waals surface area contributed by atoms with Crippen molar-refractivity contribution in [3.8, 4) is 0 Å². The van der Waals surface area contributed by atoms with Gasteiger partial charge in [0.25, 0.3) is 0 Å². The molecule has 2 unspecified atom stereocenters. The van der Waals surface area contributed by atoms with Crippen molar-refractivity contribution in [3.05, 3.63) is 42.5 Å². The van der Waals surface area contributed by atoms with Crippen LogP contribution in [-0.4, -0.2) is 25.7 Å². The highest BCUT2D eigenvalue weighted by Crippen LogP contribution is 2.35. The zero-order chi connectivity index (χ0) is 17.5. The van der Waals surface area contributed by atoms with E-state index in [0.29, 0.717) is 11.6 Å². The van der Waals surface area contributed by atoms with Crippen LogP contribution in [0.2, 0.25) is 19.6 Å². The van der Waals surface area contributed by atoms with Crippen LogP contribution in [0.15, 0.2) is 36.9 Å². The van der Waals surface area contributed by atoms with Crippen molar-refractivity contribution in [2.24, 2.45) is 7.05 Å². The molecule has 1 aromatic carbocycles. The lowest BCUT2D eigenvalue weighted by Gasteiger charge is -2.28. The van der Waals surface area contributed by atoms with Gasteiger partial charge in [0, 0.05) is 24.3 Å². The third-order valence-electron chi connectivity index (χ3n) is 5.58. The Morgan fingerprint density at radius 2 is 2.04 bits per heavy atom. The molecule has 0 spiro atoms. The van der Waals surface area contributed by atoms with E-state index in [1.807, 2.05) is 0 Å². The summed E-state index contributed by atoms with van der Waals surface area (Å²) in [6.45, 7) is 11.8. The molecule has 1 saturated heterocycles. The Labute approximate surface area is 146 Å². The zero-order valence-corrected chi connectivity index (χ0v) is 16.7. The van der Waals surface area contributed by atoms with Crippen LogP contribution in [-0.2, 0) is 7.05 Å². The van der Waals surface area contributed by atoms with E-state index in [-0.39, 0.29) is 0 Å². The largest absolute Gasteiger partial charge is 0.399 e. The number of imidazole rings is 1. The Bertz CT molecular complexity index is 716. The topological polar surface area (TPSA) is 38.1 Å². The summed E-state index contributed by atoms with van der Waals surface area (Å²) in [5, 5.41) is 0. The number of hydrogen-bond donors (Lipinski definition) is 1. The van der Waals surface area contributed by atoms with Crippen molar-refractivity contribution in [2.45, 2.75) is 44.6 Å². The highest BCUT2D eigenvalue weighted by Gasteiger charge is 2.29. The van der Waals surface area contributed by atoms with E-state index in [1.165, 1.54) is 17.7 Å². The summed E-state index contributed by atoms with van der Waals surface area (Å²) in [6, 6.07) is 7.19. The molecule has 2 aromatic rings. The van der Waals surface area contributed by atoms with Crippen LogP contribution in [0.4, 0.5) is 11.4 Å². The summed E-state index contributed by atoms with van der Waals surface area (Å²) in [7, 11) is 0.813. The fourth-order valence-corrected chi connectivity index (χ4v) is 4.69. The van der Waals surface area contributed by atoms with Gasteiger partial charge in [-0.25, -0.2) is 9.13 Å². The summed E-state index contributed by atoms with van der Waals surface area (Å²) in [6.07, 6.45) is 7.66. The standard InChI is InChI=1S/C19H31N4Si/c1-15(24(3,4)5)18-12-16(6-7-19(18)20)22-9-8-17(13-22)23-11-10-21(2)14-23/h6-7,10-12,14-15,17H,8-9,13,20H2,1-5H3/q+1. The molecule has 0 amide bonds. The molecule has 2 N–H and O–H groups in total. The summed E-state index contributed by atoms with van der Waals surface area (Å²) < 4.78 is 4.45. The molecule has 1 aliphatic heterocycles. The molecule has 1 aromatic heterocycles. The number of aryl methyl sites for hydroxylation is 1. The molecule has 1 fully saturated rings. The molecule has 3 rings (SSSR count). The van der Waals surface area contributed by atoms with Crippen LogP contribution in [0.3, 0.4) is 0 Å². The van der Waals surface area contributed by atoms with Crippen molar-refractivity contribution in [2.75, 3.05) is 23.7 Å². The number of nitrogens with zero attached hydrogens (tertiary/aromatic N) is 3. The van der Waals surface area contributed by atoms with Crippen LogP contribution in [0, 0.1) is 0 Å². The maximum absolute atomic E-state index is 6.30. The second-order valence-corrected chi connectivity index (χ2v) is 13.9. The Balaban J connectivity index is 1.81. The van der Waals surface area contributed by atoms with Crippen LogP contribution in [0.25, 0.3) is 0 Å². The average molecular weight is 344 g/mol. The first-order chi connectivity index (χ1) is 11.3. The van der Waals surface area contributed by atoms with Gasteiger partial charge in [0.1, 0.15) is 18.4 Å². The van der Waals surface area contributed by atoms with E-state index in [9.17, 15) is 0 Å². The summed E-state index contributed by atoms with van der Waals surface area (Å²) >= 11 is 0. The van der Waals surface area contributed by atoms with Gasteiger partial charge in [0.2, 0.25) is 6.33 Å². The SMILES string of the molecule is CC(c1cc(N2CCC(n3cc[n+](C)c3)C2)ccc1N)[Si](C)(C)C. The van der Waals surface area contributed by atoms with Crippen LogP contribution in [0.5, 0.6) is 0 Å².